The van der Waals surface area contributed by atoms with E-state index in [2.05, 4.69) is 15.3 Å². The van der Waals surface area contributed by atoms with Gasteiger partial charge in [0, 0.05) is 7.05 Å². The molecular weight excluding hydrogens is 228 g/mol. The van der Waals surface area contributed by atoms with Gasteiger partial charge in [-0.3, -0.25) is 9.48 Å². The molecule has 0 aliphatic carbocycles. The summed E-state index contributed by atoms with van der Waals surface area (Å²) in [4.78, 5) is 11.5. The molecule has 6 nitrogen and oxygen atoms in total. The standard InChI is InChI=1S/C9H10N4O2S/c1-5-11-12-9(16-5)6-3-10-13(2)8(6)7(15)4-14/h3,14H,4H2,1-2H3. The second kappa shape index (κ2) is 4.11. The lowest BCUT2D eigenvalue weighted by Crippen LogP contribution is -2.11. The lowest BCUT2D eigenvalue weighted by molar-refractivity contribution is 0.0895. The quantitative estimate of drug-likeness (QED) is 0.784. The molecule has 0 aromatic carbocycles. The molecule has 0 spiro atoms. The van der Waals surface area contributed by atoms with Crippen LogP contribution < -0.4 is 0 Å². The summed E-state index contributed by atoms with van der Waals surface area (Å²) in [6, 6.07) is 0. The van der Waals surface area contributed by atoms with E-state index in [-0.39, 0.29) is 5.78 Å². The molecule has 0 aliphatic rings. The van der Waals surface area contributed by atoms with Crippen LogP contribution in [0, 0.1) is 6.92 Å². The van der Waals surface area contributed by atoms with Gasteiger partial charge in [-0.1, -0.05) is 11.3 Å². The van der Waals surface area contributed by atoms with Gasteiger partial charge in [-0.25, -0.2) is 0 Å². The first kappa shape index (κ1) is 10.9. The van der Waals surface area contributed by atoms with Gasteiger partial charge in [0.25, 0.3) is 0 Å². The lowest BCUT2D eigenvalue weighted by Gasteiger charge is -2.00. The average molecular weight is 238 g/mol. The average Bonchev–Trinajstić information content (AvgIpc) is 2.83. The van der Waals surface area contributed by atoms with Crippen LogP contribution in [-0.4, -0.2) is 37.5 Å². The van der Waals surface area contributed by atoms with Gasteiger partial charge >= 0.3 is 0 Å². The number of aryl methyl sites for hydroxylation is 2. The molecule has 2 rings (SSSR count). The number of ketones is 1. The number of aromatic nitrogens is 4. The molecule has 0 aliphatic heterocycles. The maximum Gasteiger partial charge on any atom is 0.206 e. The van der Waals surface area contributed by atoms with Crippen molar-refractivity contribution in [2.75, 3.05) is 6.61 Å². The van der Waals surface area contributed by atoms with Crippen molar-refractivity contribution in [1.82, 2.24) is 20.0 Å². The van der Waals surface area contributed by atoms with Crippen molar-refractivity contribution in [2.45, 2.75) is 6.92 Å². The molecule has 0 amide bonds. The van der Waals surface area contributed by atoms with Gasteiger partial charge in [-0.05, 0) is 6.92 Å². The number of carbonyl (C=O) groups excluding carboxylic acids is 1. The molecule has 0 radical (unpaired) electrons. The third-order valence-electron chi connectivity index (χ3n) is 2.10. The number of aliphatic hydroxyl groups excluding tert-OH is 1. The molecule has 0 unspecified atom stereocenters. The van der Waals surface area contributed by atoms with Gasteiger partial charge in [-0.15, -0.1) is 10.2 Å². The van der Waals surface area contributed by atoms with Crippen LogP contribution in [0.1, 0.15) is 15.5 Å². The molecule has 0 saturated heterocycles. The van der Waals surface area contributed by atoms with Crippen LogP contribution in [0.5, 0.6) is 0 Å². The number of hydrogen-bond donors (Lipinski definition) is 1. The first-order valence-electron chi connectivity index (χ1n) is 4.60. The summed E-state index contributed by atoms with van der Waals surface area (Å²) >= 11 is 1.39. The maximum absolute atomic E-state index is 11.5. The fraction of sp³-hybridized carbons (Fsp3) is 0.333. The van der Waals surface area contributed by atoms with E-state index in [9.17, 15) is 4.79 Å². The number of carbonyl (C=O) groups is 1. The Morgan fingerprint density at radius 3 is 2.88 bits per heavy atom. The molecule has 84 valence electrons. The number of nitrogens with zero attached hydrogens (tertiary/aromatic N) is 4. The molecule has 0 fully saturated rings. The van der Waals surface area contributed by atoms with E-state index in [1.165, 1.54) is 16.0 Å². The second-order valence-electron chi connectivity index (χ2n) is 3.24. The third-order valence-corrected chi connectivity index (χ3v) is 2.97. The molecule has 16 heavy (non-hydrogen) atoms. The van der Waals surface area contributed by atoms with Crippen LogP contribution >= 0.6 is 11.3 Å². The van der Waals surface area contributed by atoms with Crippen molar-refractivity contribution in [3.63, 3.8) is 0 Å². The molecule has 2 heterocycles. The molecular formula is C9H10N4O2S. The van der Waals surface area contributed by atoms with Crippen molar-refractivity contribution in [3.8, 4) is 10.6 Å². The van der Waals surface area contributed by atoms with Crippen molar-refractivity contribution in [1.29, 1.82) is 0 Å². The van der Waals surface area contributed by atoms with E-state index in [1.807, 2.05) is 6.92 Å². The van der Waals surface area contributed by atoms with E-state index < -0.39 is 6.61 Å². The topological polar surface area (TPSA) is 80.9 Å². The summed E-state index contributed by atoms with van der Waals surface area (Å²) in [7, 11) is 1.65. The molecule has 1 N–H and O–H groups in total. The molecule has 0 bridgehead atoms. The Hall–Kier alpha value is -1.60. The minimum Gasteiger partial charge on any atom is -0.388 e. The zero-order valence-electron chi connectivity index (χ0n) is 8.84. The van der Waals surface area contributed by atoms with Gasteiger partial charge in [0.15, 0.2) is 5.01 Å². The van der Waals surface area contributed by atoms with Crippen LogP contribution in [0.3, 0.4) is 0 Å². The summed E-state index contributed by atoms with van der Waals surface area (Å²) < 4.78 is 1.44. The summed E-state index contributed by atoms with van der Waals surface area (Å²) in [5.41, 5.74) is 0.978. The van der Waals surface area contributed by atoms with Crippen molar-refractivity contribution in [2.24, 2.45) is 7.05 Å². The Balaban J connectivity index is 2.53. The predicted octanol–water partition coefficient (Wildman–Crippen LogP) is 0.422. The highest BCUT2D eigenvalue weighted by Crippen LogP contribution is 2.26. The van der Waals surface area contributed by atoms with E-state index in [0.717, 1.165) is 5.01 Å². The molecule has 0 atom stereocenters. The van der Waals surface area contributed by atoms with Gasteiger partial charge < -0.3 is 5.11 Å². The Labute approximate surface area is 95.6 Å². The normalized spacial score (nSPS) is 10.7. The van der Waals surface area contributed by atoms with E-state index in [1.54, 1.807) is 13.2 Å². The molecule has 0 saturated carbocycles. The Morgan fingerprint density at radius 2 is 2.31 bits per heavy atom. The summed E-state index contributed by atoms with van der Waals surface area (Å²) in [5.74, 6) is -0.372. The second-order valence-corrected chi connectivity index (χ2v) is 4.42. The van der Waals surface area contributed by atoms with Crippen LogP contribution in [0.15, 0.2) is 6.20 Å². The number of rotatable bonds is 3. The Bertz CT molecular complexity index is 531. The third kappa shape index (κ3) is 1.74. The lowest BCUT2D eigenvalue weighted by atomic mass is 10.2. The fourth-order valence-electron chi connectivity index (χ4n) is 1.41. The van der Waals surface area contributed by atoms with E-state index in [0.29, 0.717) is 16.3 Å². The van der Waals surface area contributed by atoms with Crippen LogP contribution in [0.25, 0.3) is 10.6 Å². The summed E-state index contributed by atoms with van der Waals surface area (Å²) in [5, 5.41) is 22.2. The summed E-state index contributed by atoms with van der Waals surface area (Å²) in [6.45, 7) is 1.30. The Morgan fingerprint density at radius 1 is 1.56 bits per heavy atom. The number of hydrogen-bond acceptors (Lipinski definition) is 6. The minimum atomic E-state index is -0.537. The molecule has 2 aromatic rings. The highest BCUT2D eigenvalue weighted by Gasteiger charge is 2.19. The minimum absolute atomic E-state index is 0.360. The SMILES string of the molecule is Cc1nnc(-c2cnn(C)c2C(=O)CO)s1. The van der Waals surface area contributed by atoms with Gasteiger partial charge in [-0.2, -0.15) is 5.10 Å². The zero-order chi connectivity index (χ0) is 11.7. The Kier molecular flexibility index (Phi) is 2.80. The maximum atomic E-state index is 11.5. The largest absolute Gasteiger partial charge is 0.388 e. The summed E-state index contributed by atoms with van der Waals surface area (Å²) in [6.07, 6.45) is 1.56. The zero-order valence-corrected chi connectivity index (χ0v) is 9.65. The van der Waals surface area contributed by atoms with Crippen LogP contribution in [0.4, 0.5) is 0 Å². The van der Waals surface area contributed by atoms with Gasteiger partial charge in [0.05, 0.1) is 11.8 Å². The monoisotopic (exact) mass is 238 g/mol. The van der Waals surface area contributed by atoms with Crippen molar-refractivity contribution < 1.29 is 9.90 Å². The van der Waals surface area contributed by atoms with E-state index >= 15 is 0 Å². The first-order valence-corrected chi connectivity index (χ1v) is 5.41. The number of aliphatic hydroxyl groups is 1. The predicted molar refractivity (Wildman–Crippen MR) is 58.3 cm³/mol. The number of Topliss-reactive ketones (excluding diaryl/α,β-unsaturated/α-hetero) is 1. The van der Waals surface area contributed by atoms with Gasteiger partial charge in [0.1, 0.15) is 17.3 Å². The highest BCUT2D eigenvalue weighted by atomic mass is 32.1. The molecule has 7 heteroatoms. The van der Waals surface area contributed by atoms with Crippen molar-refractivity contribution >= 4 is 17.1 Å². The first-order chi connectivity index (χ1) is 7.63. The fourth-order valence-corrected chi connectivity index (χ4v) is 2.11. The highest BCUT2D eigenvalue weighted by molar-refractivity contribution is 7.14. The molecule has 2 aromatic heterocycles. The van der Waals surface area contributed by atoms with Crippen LogP contribution in [0.2, 0.25) is 0 Å². The smallest absolute Gasteiger partial charge is 0.206 e. The van der Waals surface area contributed by atoms with Crippen molar-refractivity contribution in [3.05, 3.63) is 16.9 Å². The van der Waals surface area contributed by atoms with Crippen LogP contribution in [-0.2, 0) is 7.05 Å². The van der Waals surface area contributed by atoms with E-state index in [4.69, 9.17) is 5.11 Å². The van der Waals surface area contributed by atoms with Gasteiger partial charge in [0.2, 0.25) is 5.78 Å².